The lowest BCUT2D eigenvalue weighted by atomic mass is 10.1. The molecule has 2 aliphatic rings. The van der Waals surface area contributed by atoms with Crippen LogP contribution in [-0.4, -0.2) is 27.4 Å². The largest absolute Gasteiger partial charge is 0.370 e. The van der Waals surface area contributed by atoms with Crippen molar-refractivity contribution >= 4 is 44.6 Å². The number of carbonyl (C=O) groups is 1. The van der Waals surface area contributed by atoms with Crippen molar-refractivity contribution in [3.63, 3.8) is 0 Å². The number of amides is 1. The quantitative estimate of drug-likeness (QED) is 0.671. The number of para-hydroxylation sites is 1. The molecule has 1 saturated carbocycles. The monoisotopic (exact) mass is 447 g/mol. The van der Waals surface area contributed by atoms with Gasteiger partial charge in [0.1, 0.15) is 4.90 Å². The second-order valence-electron chi connectivity index (χ2n) is 8.12. The van der Waals surface area contributed by atoms with E-state index in [0.717, 1.165) is 38.8 Å². The van der Waals surface area contributed by atoms with E-state index in [9.17, 15) is 13.2 Å². The van der Waals surface area contributed by atoms with Gasteiger partial charge in [0.15, 0.2) is 0 Å². The molecule has 0 spiro atoms. The van der Waals surface area contributed by atoms with Crippen molar-refractivity contribution in [2.45, 2.75) is 37.5 Å². The fraction of sp³-hybridized carbons (Fsp3) is 0.409. The van der Waals surface area contributed by atoms with Crippen molar-refractivity contribution in [1.82, 2.24) is 0 Å². The van der Waals surface area contributed by atoms with Gasteiger partial charge in [0.05, 0.1) is 16.4 Å². The molecule has 160 valence electrons. The van der Waals surface area contributed by atoms with Crippen LogP contribution >= 0.6 is 11.6 Å². The van der Waals surface area contributed by atoms with Crippen LogP contribution in [0.2, 0.25) is 5.02 Å². The standard InChI is InChI=1S/C22H26ClN3O3S/c1-15-13-17(15)22(27)24-16-9-10-20(26-11-5-2-6-12-26)21(14-16)30(28,29)25-19-8-4-3-7-18(19)23/h3-4,7-10,14-15,17,25H,2,5-6,11-13H2,1H3,(H,24,27)/t15-,17-/m1/s1. The minimum atomic E-state index is -3.92. The average molecular weight is 448 g/mol. The average Bonchev–Trinajstić information content (AvgIpc) is 3.47. The second-order valence-corrected chi connectivity index (χ2v) is 10.2. The van der Waals surface area contributed by atoms with E-state index in [1.807, 2.05) is 6.92 Å². The van der Waals surface area contributed by atoms with Gasteiger partial charge >= 0.3 is 0 Å². The summed E-state index contributed by atoms with van der Waals surface area (Å²) in [4.78, 5) is 14.6. The van der Waals surface area contributed by atoms with Crippen LogP contribution < -0.4 is 14.9 Å². The number of anilines is 3. The molecule has 1 amide bonds. The molecule has 2 fully saturated rings. The molecule has 0 radical (unpaired) electrons. The Kier molecular flexibility index (Phi) is 5.93. The molecule has 1 aliphatic heterocycles. The van der Waals surface area contributed by atoms with Crippen LogP contribution in [0.1, 0.15) is 32.6 Å². The Morgan fingerprint density at radius 2 is 1.80 bits per heavy atom. The summed E-state index contributed by atoms with van der Waals surface area (Å²) in [6.45, 7) is 3.65. The summed E-state index contributed by atoms with van der Waals surface area (Å²) in [7, 11) is -3.92. The number of benzene rings is 2. The van der Waals surface area contributed by atoms with Crippen molar-refractivity contribution in [1.29, 1.82) is 0 Å². The summed E-state index contributed by atoms with van der Waals surface area (Å²) in [6, 6.07) is 11.9. The summed E-state index contributed by atoms with van der Waals surface area (Å²) < 4.78 is 29.3. The van der Waals surface area contributed by atoms with Crippen molar-refractivity contribution < 1.29 is 13.2 Å². The molecule has 30 heavy (non-hydrogen) atoms. The van der Waals surface area contributed by atoms with E-state index in [0.29, 0.717) is 28.0 Å². The smallest absolute Gasteiger partial charge is 0.264 e. The molecule has 0 aromatic heterocycles. The minimum Gasteiger partial charge on any atom is -0.370 e. The normalized spacial score (nSPS) is 21.2. The van der Waals surface area contributed by atoms with Crippen molar-refractivity contribution in [2.75, 3.05) is 28.0 Å². The summed E-state index contributed by atoms with van der Waals surface area (Å²) in [6.07, 6.45) is 4.06. The van der Waals surface area contributed by atoms with Gasteiger partial charge in [-0.2, -0.15) is 0 Å². The Bertz CT molecular complexity index is 1050. The van der Waals surface area contributed by atoms with Crippen LogP contribution in [0.25, 0.3) is 0 Å². The van der Waals surface area contributed by atoms with Gasteiger partial charge in [-0.05, 0) is 61.9 Å². The van der Waals surface area contributed by atoms with Gasteiger partial charge in [0.2, 0.25) is 5.91 Å². The Labute approximate surface area is 182 Å². The minimum absolute atomic E-state index is 0.00748. The Hall–Kier alpha value is -2.25. The third kappa shape index (κ3) is 4.57. The first-order valence-corrected chi connectivity index (χ1v) is 12.2. The number of hydrogen-bond acceptors (Lipinski definition) is 4. The van der Waals surface area contributed by atoms with Gasteiger partial charge in [-0.15, -0.1) is 0 Å². The number of nitrogens with zero attached hydrogens (tertiary/aromatic N) is 1. The van der Waals surface area contributed by atoms with Crippen LogP contribution in [-0.2, 0) is 14.8 Å². The highest BCUT2D eigenvalue weighted by molar-refractivity contribution is 7.93. The predicted octanol–water partition coefficient (Wildman–Crippen LogP) is 4.73. The number of rotatable bonds is 6. The second kappa shape index (κ2) is 8.47. The van der Waals surface area contributed by atoms with Gasteiger partial charge in [-0.1, -0.05) is 30.7 Å². The Morgan fingerprint density at radius 3 is 2.47 bits per heavy atom. The third-order valence-electron chi connectivity index (χ3n) is 5.78. The third-order valence-corrected chi connectivity index (χ3v) is 7.50. The molecule has 1 aliphatic carbocycles. The first-order chi connectivity index (χ1) is 14.3. The van der Waals surface area contributed by atoms with E-state index in [-0.39, 0.29) is 16.7 Å². The zero-order chi connectivity index (χ0) is 21.3. The van der Waals surface area contributed by atoms with Crippen molar-refractivity contribution in [3.05, 3.63) is 47.5 Å². The number of hydrogen-bond donors (Lipinski definition) is 2. The van der Waals surface area contributed by atoms with Crippen LogP contribution in [0.5, 0.6) is 0 Å². The Balaban J connectivity index is 1.68. The van der Waals surface area contributed by atoms with Gasteiger partial charge < -0.3 is 10.2 Å². The molecule has 2 aromatic carbocycles. The lowest BCUT2D eigenvalue weighted by Crippen LogP contribution is -2.31. The topological polar surface area (TPSA) is 78.5 Å². The number of halogens is 1. The molecule has 8 heteroatoms. The summed E-state index contributed by atoms with van der Waals surface area (Å²) in [5.74, 6) is 0.325. The molecular formula is C22H26ClN3O3S. The highest BCUT2D eigenvalue weighted by Crippen LogP contribution is 2.39. The SMILES string of the molecule is C[C@@H]1C[C@H]1C(=O)Nc1ccc(N2CCCCC2)c(S(=O)(=O)Nc2ccccc2Cl)c1. The maximum absolute atomic E-state index is 13.3. The summed E-state index contributed by atoms with van der Waals surface area (Å²) >= 11 is 6.17. The number of nitrogens with one attached hydrogen (secondary N) is 2. The van der Waals surface area contributed by atoms with Crippen LogP contribution in [0.3, 0.4) is 0 Å². The first kappa shape index (κ1) is 21.0. The predicted molar refractivity (Wildman–Crippen MR) is 121 cm³/mol. The van der Waals surface area contributed by atoms with E-state index in [1.165, 1.54) is 0 Å². The molecule has 0 bridgehead atoms. The number of carbonyl (C=O) groups excluding carboxylic acids is 1. The summed E-state index contributed by atoms with van der Waals surface area (Å²) in [5, 5.41) is 3.20. The van der Waals surface area contributed by atoms with Crippen LogP contribution in [0.15, 0.2) is 47.4 Å². The van der Waals surface area contributed by atoms with Gasteiger partial charge in [0.25, 0.3) is 10.0 Å². The van der Waals surface area contributed by atoms with E-state index in [2.05, 4.69) is 14.9 Å². The first-order valence-electron chi connectivity index (χ1n) is 10.3. The van der Waals surface area contributed by atoms with Crippen LogP contribution in [0, 0.1) is 11.8 Å². The molecule has 0 unspecified atom stereocenters. The molecule has 2 N–H and O–H groups in total. The maximum atomic E-state index is 13.3. The van der Waals surface area contributed by atoms with E-state index < -0.39 is 10.0 Å². The van der Waals surface area contributed by atoms with Crippen LogP contribution in [0.4, 0.5) is 17.1 Å². The van der Waals surface area contributed by atoms with Crippen molar-refractivity contribution in [3.8, 4) is 0 Å². The molecule has 2 aromatic rings. The van der Waals surface area contributed by atoms with Gasteiger partial charge in [-0.3, -0.25) is 9.52 Å². The molecule has 4 rings (SSSR count). The zero-order valence-corrected chi connectivity index (χ0v) is 18.5. The highest BCUT2D eigenvalue weighted by atomic mass is 35.5. The lowest BCUT2D eigenvalue weighted by Gasteiger charge is -2.30. The molecular weight excluding hydrogens is 422 g/mol. The van der Waals surface area contributed by atoms with Crippen molar-refractivity contribution in [2.24, 2.45) is 11.8 Å². The van der Waals surface area contributed by atoms with Gasteiger partial charge in [-0.25, -0.2) is 8.42 Å². The fourth-order valence-corrected chi connectivity index (χ4v) is 5.44. The maximum Gasteiger partial charge on any atom is 0.264 e. The fourth-order valence-electron chi connectivity index (χ4n) is 3.87. The molecule has 6 nitrogen and oxygen atoms in total. The Morgan fingerprint density at radius 1 is 1.10 bits per heavy atom. The van der Waals surface area contributed by atoms with E-state index in [4.69, 9.17) is 11.6 Å². The van der Waals surface area contributed by atoms with E-state index in [1.54, 1.807) is 42.5 Å². The molecule has 2 atom stereocenters. The number of sulfonamides is 1. The van der Waals surface area contributed by atoms with Gasteiger partial charge in [0, 0.05) is 24.7 Å². The lowest BCUT2D eigenvalue weighted by molar-refractivity contribution is -0.117. The highest BCUT2D eigenvalue weighted by Gasteiger charge is 2.39. The van der Waals surface area contributed by atoms with E-state index >= 15 is 0 Å². The zero-order valence-electron chi connectivity index (χ0n) is 16.9. The summed E-state index contributed by atoms with van der Waals surface area (Å²) in [5.41, 5.74) is 1.46. The molecule has 1 heterocycles. The molecule has 1 saturated heterocycles. The number of piperidine rings is 1.